The lowest BCUT2D eigenvalue weighted by Gasteiger charge is -2.17. The molecule has 2 rings (SSSR count). The predicted octanol–water partition coefficient (Wildman–Crippen LogP) is 3.61. The second-order valence-corrected chi connectivity index (χ2v) is 6.31. The van der Waals surface area contributed by atoms with Crippen molar-refractivity contribution in [2.45, 2.75) is 20.8 Å². The molecule has 0 atom stereocenters. The molecule has 7 heteroatoms. The first kappa shape index (κ1) is 19.8. The van der Waals surface area contributed by atoms with Crippen LogP contribution in [0.3, 0.4) is 0 Å². The zero-order valence-electron chi connectivity index (χ0n) is 15.4. The smallest absolute Gasteiger partial charge is 0.340 e. The molecule has 140 valence electrons. The maximum Gasteiger partial charge on any atom is 0.340 e. The Morgan fingerprint density at radius 3 is 2.46 bits per heavy atom. The molecule has 0 unspecified atom stereocenters. The van der Waals surface area contributed by atoms with Crippen LogP contribution in [0.4, 0.5) is 0 Å². The van der Waals surface area contributed by atoms with Gasteiger partial charge in [0.1, 0.15) is 18.1 Å². The first-order chi connectivity index (χ1) is 12.3. The van der Waals surface area contributed by atoms with Gasteiger partial charge in [0, 0.05) is 17.8 Å². The topological polar surface area (TPSA) is 71.6 Å². The van der Waals surface area contributed by atoms with E-state index < -0.39 is 5.97 Å². The number of esters is 1. The van der Waals surface area contributed by atoms with Gasteiger partial charge in [-0.15, -0.1) is 0 Å². The van der Waals surface area contributed by atoms with Crippen LogP contribution < -0.4 is 4.74 Å². The van der Waals surface area contributed by atoms with Gasteiger partial charge in [0.2, 0.25) is 0 Å². The van der Waals surface area contributed by atoms with E-state index in [0.29, 0.717) is 46.4 Å². The average molecular weight is 379 g/mol. The minimum atomic E-state index is -0.425. The number of hydrogen-bond donors (Lipinski definition) is 1. The Morgan fingerprint density at radius 1 is 1.19 bits per heavy atom. The summed E-state index contributed by atoms with van der Waals surface area (Å²) in [6, 6.07) is 7.03. The van der Waals surface area contributed by atoms with Crippen LogP contribution in [-0.4, -0.2) is 48.6 Å². The van der Waals surface area contributed by atoms with Crippen molar-refractivity contribution in [2.75, 3.05) is 26.8 Å². The van der Waals surface area contributed by atoms with E-state index in [2.05, 4.69) is 4.98 Å². The molecule has 0 aliphatic rings. The van der Waals surface area contributed by atoms with E-state index in [9.17, 15) is 9.59 Å². The molecular weight excluding hydrogens is 356 g/mol. The van der Waals surface area contributed by atoms with E-state index in [0.717, 1.165) is 0 Å². The summed E-state index contributed by atoms with van der Waals surface area (Å²) in [5.41, 5.74) is 2.02. The van der Waals surface area contributed by atoms with Crippen LogP contribution >= 0.6 is 11.6 Å². The molecule has 1 N–H and O–H groups in total. The largest absolute Gasteiger partial charge is 0.492 e. The standard InChI is InChI=1S/C19H23ClN2O4/c1-5-25-19(24)16-12(2)17(21-13(16)3)18(23)22(4)10-11-26-15-8-6-14(20)7-9-15/h6-9,21H,5,10-11H2,1-4H3. The summed E-state index contributed by atoms with van der Waals surface area (Å²) in [7, 11) is 1.69. The van der Waals surface area contributed by atoms with Gasteiger partial charge in [0.25, 0.3) is 5.91 Å². The number of likely N-dealkylation sites (N-methyl/N-ethyl adjacent to an activating group) is 1. The van der Waals surface area contributed by atoms with E-state index in [1.165, 1.54) is 0 Å². The van der Waals surface area contributed by atoms with Crippen molar-refractivity contribution in [1.82, 2.24) is 9.88 Å². The summed E-state index contributed by atoms with van der Waals surface area (Å²) in [5.74, 6) is 0.0547. The maximum absolute atomic E-state index is 12.7. The molecule has 0 aliphatic heterocycles. The first-order valence-electron chi connectivity index (χ1n) is 8.35. The van der Waals surface area contributed by atoms with Gasteiger partial charge in [-0.2, -0.15) is 0 Å². The second kappa shape index (κ2) is 8.76. The summed E-state index contributed by atoms with van der Waals surface area (Å²) in [6.45, 7) is 6.26. The number of amides is 1. The summed E-state index contributed by atoms with van der Waals surface area (Å²) in [6.07, 6.45) is 0. The fraction of sp³-hybridized carbons (Fsp3) is 0.368. The Morgan fingerprint density at radius 2 is 1.85 bits per heavy atom. The molecule has 1 aromatic carbocycles. The summed E-state index contributed by atoms with van der Waals surface area (Å²) in [4.78, 5) is 29.3. The van der Waals surface area contributed by atoms with Crippen molar-refractivity contribution < 1.29 is 19.1 Å². The minimum Gasteiger partial charge on any atom is -0.492 e. The molecule has 0 bridgehead atoms. The molecule has 1 amide bonds. The number of benzene rings is 1. The van der Waals surface area contributed by atoms with Crippen molar-refractivity contribution in [3.05, 3.63) is 51.8 Å². The van der Waals surface area contributed by atoms with Crippen molar-refractivity contribution in [1.29, 1.82) is 0 Å². The molecule has 0 fully saturated rings. The lowest BCUT2D eigenvalue weighted by atomic mass is 10.1. The molecule has 1 heterocycles. The van der Waals surface area contributed by atoms with E-state index in [1.54, 1.807) is 57.0 Å². The molecule has 0 saturated carbocycles. The number of aryl methyl sites for hydroxylation is 1. The monoisotopic (exact) mass is 378 g/mol. The Bertz CT molecular complexity index is 784. The van der Waals surface area contributed by atoms with Crippen LogP contribution in [-0.2, 0) is 4.74 Å². The normalized spacial score (nSPS) is 10.5. The summed E-state index contributed by atoms with van der Waals surface area (Å²) in [5, 5.41) is 0.639. The molecule has 1 aromatic heterocycles. The third kappa shape index (κ3) is 4.58. The Labute approximate surface area is 158 Å². The lowest BCUT2D eigenvalue weighted by Crippen LogP contribution is -2.31. The number of nitrogens with zero attached hydrogens (tertiary/aromatic N) is 1. The Kier molecular flexibility index (Phi) is 6.69. The zero-order valence-corrected chi connectivity index (χ0v) is 16.1. The van der Waals surface area contributed by atoms with E-state index in [-0.39, 0.29) is 12.5 Å². The molecule has 0 aliphatic carbocycles. The fourth-order valence-corrected chi connectivity index (χ4v) is 2.72. The van der Waals surface area contributed by atoms with Crippen LogP contribution in [0, 0.1) is 13.8 Å². The highest BCUT2D eigenvalue weighted by molar-refractivity contribution is 6.30. The number of nitrogens with one attached hydrogen (secondary N) is 1. The molecule has 6 nitrogen and oxygen atoms in total. The highest BCUT2D eigenvalue weighted by atomic mass is 35.5. The fourth-order valence-electron chi connectivity index (χ4n) is 2.60. The van der Waals surface area contributed by atoms with Gasteiger partial charge in [-0.3, -0.25) is 4.79 Å². The highest BCUT2D eigenvalue weighted by Gasteiger charge is 2.24. The third-order valence-electron chi connectivity index (χ3n) is 3.99. The number of aromatic amines is 1. The average Bonchev–Trinajstić information content (AvgIpc) is 2.90. The lowest BCUT2D eigenvalue weighted by molar-refractivity contribution is 0.0525. The van der Waals surface area contributed by atoms with Crippen LogP contribution in [0.5, 0.6) is 5.75 Å². The zero-order chi connectivity index (χ0) is 19.3. The number of H-pyrrole nitrogens is 1. The van der Waals surface area contributed by atoms with Gasteiger partial charge in [0.05, 0.1) is 18.7 Å². The Balaban J connectivity index is 2.00. The quantitative estimate of drug-likeness (QED) is 0.747. The van der Waals surface area contributed by atoms with Gasteiger partial charge < -0.3 is 19.4 Å². The third-order valence-corrected chi connectivity index (χ3v) is 4.24. The van der Waals surface area contributed by atoms with E-state index in [1.807, 2.05) is 0 Å². The summed E-state index contributed by atoms with van der Waals surface area (Å²) < 4.78 is 10.7. The van der Waals surface area contributed by atoms with E-state index >= 15 is 0 Å². The van der Waals surface area contributed by atoms with E-state index in [4.69, 9.17) is 21.1 Å². The van der Waals surface area contributed by atoms with Gasteiger partial charge in [-0.05, 0) is 50.6 Å². The maximum atomic E-state index is 12.7. The minimum absolute atomic E-state index is 0.208. The van der Waals surface area contributed by atoms with Gasteiger partial charge in [0.15, 0.2) is 0 Å². The number of ether oxygens (including phenoxy) is 2. The number of rotatable bonds is 7. The van der Waals surface area contributed by atoms with Crippen molar-refractivity contribution in [2.24, 2.45) is 0 Å². The van der Waals surface area contributed by atoms with Gasteiger partial charge in [-0.1, -0.05) is 11.6 Å². The van der Waals surface area contributed by atoms with Gasteiger partial charge in [-0.25, -0.2) is 4.79 Å². The molecule has 2 aromatic rings. The Hall–Kier alpha value is -2.47. The predicted molar refractivity (Wildman–Crippen MR) is 100 cm³/mol. The summed E-state index contributed by atoms with van der Waals surface area (Å²) >= 11 is 5.83. The van der Waals surface area contributed by atoms with Crippen LogP contribution in [0.2, 0.25) is 5.02 Å². The molecule has 26 heavy (non-hydrogen) atoms. The number of carbonyl (C=O) groups is 2. The first-order valence-corrected chi connectivity index (χ1v) is 8.73. The molecule has 0 spiro atoms. The van der Waals surface area contributed by atoms with Crippen LogP contribution in [0.1, 0.15) is 39.0 Å². The highest BCUT2D eigenvalue weighted by Crippen LogP contribution is 2.20. The number of hydrogen-bond acceptors (Lipinski definition) is 4. The molecule has 0 radical (unpaired) electrons. The molecular formula is C19H23ClN2O4. The van der Waals surface area contributed by atoms with Crippen molar-refractivity contribution in [3.8, 4) is 5.75 Å². The number of aromatic nitrogens is 1. The van der Waals surface area contributed by atoms with Crippen LogP contribution in [0.25, 0.3) is 0 Å². The molecule has 0 saturated heterocycles. The SMILES string of the molecule is CCOC(=O)c1c(C)[nH]c(C(=O)N(C)CCOc2ccc(Cl)cc2)c1C. The van der Waals surface area contributed by atoms with Crippen molar-refractivity contribution >= 4 is 23.5 Å². The van der Waals surface area contributed by atoms with Crippen molar-refractivity contribution in [3.63, 3.8) is 0 Å². The van der Waals surface area contributed by atoms with Crippen LogP contribution in [0.15, 0.2) is 24.3 Å². The second-order valence-electron chi connectivity index (χ2n) is 5.87. The number of carbonyl (C=O) groups excluding carboxylic acids is 2. The van der Waals surface area contributed by atoms with Gasteiger partial charge >= 0.3 is 5.97 Å². The number of halogens is 1.